The van der Waals surface area contributed by atoms with Crippen LogP contribution in [0.15, 0.2) is 72.8 Å². The van der Waals surface area contributed by atoms with Crippen molar-refractivity contribution in [1.29, 1.82) is 0 Å². The van der Waals surface area contributed by atoms with Crippen LogP contribution in [0.5, 0.6) is 0 Å². The summed E-state index contributed by atoms with van der Waals surface area (Å²) < 4.78 is 26.8. The van der Waals surface area contributed by atoms with Crippen molar-refractivity contribution in [2.75, 3.05) is 5.32 Å². The maximum absolute atomic E-state index is 13.9. The minimum atomic E-state index is -0.522. The average Bonchev–Trinajstić information content (AvgIpc) is 2.69. The fourth-order valence-electron chi connectivity index (χ4n) is 2.73. The highest BCUT2D eigenvalue weighted by molar-refractivity contribution is 6.05. The summed E-state index contributed by atoms with van der Waals surface area (Å²) in [4.78, 5) is 24.7. The molecule has 4 nitrogen and oxygen atoms in total. The van der Waals surface area contributed by atoms with Gasteiger partial charge in [-0.1, -0.05) is 24.3 Å². The fourth-order valence-corrected chi connectivity index (χ4v) is 2.73. The summed E-state index contributed by atoms with van der Waals surface area (Å²) in [6.45, 7) is 1.69. The molecule has 0 saturated carbocycles. The summed E-state index contributed by atoms with van der Waals surface area (Å²) in [7, 11) is 0. The molecule has 142 valence electrons. The largest absolute Gasteiger partial charge is 0.345 e. The predicted octanol–water partition coefficient (Wildman–Crippen LogP) is 4.71. The van der Waals surface area contributed by atoms with E-state index in [1.807, 2.05) is 0 Å². The second-order valence-electron chi connectivity index (χ2n) is 6.26. The van der Waals surface area contributed by atoms with Gasteiger partial charge in [0.05, 0.1) is 6.04 Å². The monoisotopic (exact) mass is 380 g/mol. The van der Waals surface area contributed by atoms with Gasteiger partial charge in [0.1, 0.15) is 11.6 Å². The molecule has 28 heavy (non-hydrogen) atoms. The zero-order valence-corrected chi connectivity index (χ0v) is 15.1. The van der Waals surface area contributed by atoms with Crippen molar-refractivity contribution in [2.45, 2.75) is 13.0 Å². The molecule has 0 heterocycles. The van der Waals surface area contributed by atoms with Crippen molar-refractivity contribution >= 4 is 17.5 Å². The van der Waals surface area contributed by atoms with Crippen LogP contribution in [0.25, 0.3) is 0 Å². The van der Waals surface area contributed by atoms with Crippen LogP contribution in [-0.2, 0) is 0 Å². The van der Waals surface area contributed by atoms with Crippen LogP contribution >= 0.6 is 0 Å². The lowest BCUT2D eigenvalue weighted by atomic mass is 10.1. The first-order chi connectivity index (χ1) is 13.4. The predicted molar refractivity (Wildman–Crippen MR) is 103 cm³/mol. The minimum absolute atomic E-state index is 0.296. The number of hydrogen-bond acceptors (Lipinski definition) is 2. The summed E-state index contributed by atoms with van der Waals surface area (Å²) in [5.74, 6) is -1.64. The van der Waals surface area contributed by atoms with E-state index in [0.717, 1.165) is 0 Å². The van der Waals surface area contributed by atoms with E-state index in [0.29, 0.717) is 22.4 Å². The first kappa shape index (κ1) is 19.2. The third kappa shape index (κ3) is 4.59. The molecule has 0 radical (unpaired) electrons. The zero-order chi connectivity index (χ0) is 20.1. The van der Waals surface area contributed by atoms with E-state index in [9.17, 15) is 18.4 Å². The lowest BCUT2D eigenvalue weighted by Crippen LogP contribution is -2.27. The Labute approximate surface area is 161 Å². The number of hydrogen-bond donors (Lipinski definition) is 2. The Hall–Kier alpha value is -3.54. The van der Waals surface area contributed by atoms with Crippen LogP contribution in [0.4, 0.5) is 14.5 Å². The number of carbonyl (C=O) groups excluding carboxylic acids is 2. The maximum atomic E-state index is 13.9. The van der Waals surface area contributed by atoms with Gasteiger partial charge in [0, 0.05) is 22.4 Å². The molecule has 0 aliphatic rings. The summed E-state index contributed by atoms with van der Waals surface area (Å²) in [6.07, 6.45) is 0. The summed E-state index contributed by atoms with van der Waals surface area (Å²) in [6, 6.07) is 17.2. The van der Waals surface area contributed by atoms with Gasteiger partial charge in [-0.05, 0) is 55.5 Å². The third-order valence-electron chi connectivity index (χ3n) is 4.21. The molecule has 0 aliphatic heterocycles. The molecule has 0 saturated heterocycles. The van der Waals surface area contributed by atoms with E-state index >= 15 is 0 Å². The Balaban J connectivity index is 1.70. The van der Waals surface area contributed by atoms with E-state index in [1.165, 1.54) is 36.4 Å². The highest BCUT2D eigenvalue weighted by Crippen LogP contribution is 2.18. The number of rotatable bonds is 5. The lowest BCUT2D eigenvalue weighted by molar-refractivity contribution is 0.0938. The molecular formula is C22H18F2N2O2. The molecule has 0 aliphatic carbocycles. The topological polar surface area (TPSA) is 58.2 Å². The first-order valence-electron chi connectivity index (χ1n) is 8.66. The summed E-state index contributed by atoms with van der Waals surface area (Å²) >= 11 is 0. The van der Waals surface area contributed by atoms with Gasteiger partial charge in [-0.3, -0.25) is 9.59 Å². The first-order valence-corrected chi connectivity index (χ1v) is 8.66. The van der Waals surface area contributed by atoms with Gasteiger partial charge in [-0.15, -0.1) is 0 Å². The molecule has 0 aromatic heterocycles. The number of amides is 2. The number of anilines is 1. The van der Waals surface area contributed by atoms with Crippen molar-refractivity contribution in [3.63, 3.8) is 0 Å². The second kappa shape index (κ2) is 8.43. The van der Waals surface area contributed by atoms with Crippen molar-refractivity contribution in [1.82, 2.24) is 5.32 Å². The van der Waals surface area contributed by atoms with Gasteiger partial charge in [0.25, 0.3) is 11.8 Å². The quantitative estimate of drug-likeness (QED) is 0.674. The van der Waals surface area contributed by atoms with Crippen molar-refractivity contribution in [3.8, 4) is 0 Å². The van der Waals surface area contributed by atoms with Crippen LogP contribution in [-0.4, -0.2) is 11.8 Å². The molecular weight excluding hydrogens is 362 g/mol. The fraction of sp³-hybridized carbons (Fsp3) is 0.0909. The van der Waals surface area contributed by atoms with Gasteiger partial charge in [-0.2, -0.15) is 0 Å². The Morgan fingerprint density at radius 3 is 2.25 bits per heavy atom. The molecule has 2 amide bonds. The Bertz CT molecular complexity index is 1000. The van der Waals surface area contributed by atoms with Crippen LogP contribution in [0.3, 0.4) is 0 Å². The van der Waals surface area contributed by atoms with E-state index in [2.05, 4.69) is 10.6 Å². The SMILES string of the molecule is CC(NC(=O)c1cccc(NC(=O)c2ccc(F)cc2)c1)c1ccccc1F. The number of halogens is 2. The van der Waals surface area contributed by atoms with Crippen LogP contribution < -0.4 is 10.6 Å². The standard InChI is InChI=1S/C22H18F2N2O2/c1-14(19-7-2-3-8-20(19)24)25-22(28)16-5-4-6-18(13-16)26-21(27)15-9-11-17(23)12-10-15/h2-14H,1H3,(H,25,28)(H,26,27). The second-order valence-corrected chi connectivity index (χ2v) is 6.26. The van der Waals surface area contributed by atoms with Crippen LogP contribution in [0.1, 0.15) is 39.2 Å². The summed E-state index contributed by atoms with van der Waals surface area (Å²) in [5.41, 5.74) is 1.42. The highest BCUT2D eigenvalue weighted by Gasteiger charge is 2.15. The van der Waals surface area contributed by atoms with Gasteiger partial charge in [0.15, 0.2) is 0 Å². The number of benzene rings is 3. The van der Waals surface area contributed by atoms with Crippen LogP contribution in [0, 0.1) is 11.6 Å². The molecule has 3 aromatic rings. The Morgan fingerprint density at radius 1 is 0.821 bits per heavy atom. The van der Waals surface area contributed by atoms with Crippen molar-refractivity contribution in [3.05, 3.63) is 101 Å². The Kier molecular flexibility index (Phi) is 5.79. The molecule has 0 bridgehead atoms. The van der Waals surface area contributed by atoms with Gasteiger partial charge in [-0.25, -0.2) is 8.78 Å². The summed E-state index contributed by atoms with van der Waals surface area (Å²) in [5, 5.41) is 5.40. The van der Waals surface area contributed by atoms with E-state index in [-0.39, 0.29) is 0 Å². The van der Waals surface area contributed by atoms with Gasteiger partial charge < -0.3 is 10.6 Å². The molecule has 3 aromatic carbocycles. The van der Waals surface area contributed by atoms with Gasteiger partial charge >= 0.3 is 0 Å². The van der Waals surface area contributed by atoms with Gasteiger partial charge in [0.2, 0.25) is 0 Å². The number of nitrogens with one attached hydrogen (secondary N) is 2. The van der Waals surface area contributed by atoms with Crippen molar-refractivity contribution in [2.24, 2.45) is 0 Å². The molecule has 3 rings (SSSR count). The smallest absolute Gasteiger partial charge is 0.255 e. The molecule has 1 atom stereocenters. The molecule has 6 heteroatoms. The molecule has 0 fully saturated rings. The third-order valence-corrected chi connectivity index (χ3v) is 4.21. The minimum Gasteiger partial charge on any atom is -0.345 e. The van der Waals surface area contributed by atoms with E-state index < -0.39 is 29.5 Å². The van der Waals surface area contributed by atoms with Crippen molar-refractivity contribution < 1.29 is 18.4 Å². The van der Waals surface area contributed by atoms with E-state index in [4.69, 9.17) is 0 Å². The average molecular weight is 380 g/mol. The molecule has 1 unspecified atom stereocenters. The Morgan fingerprint density at radius 2 is 1.54 bits per heavy atom. The zero-order valence-electron chi connectivity index (χ0n) is 15.1. The molecule has 0 spiro atoms. The normalized spacial score (nSPS) is 11.5. The number of carbonyl (C=O) groups is 2. The van der Waals surface area contributed by atoms with Crippen LogP contribution in [0.2, 0.25) is 0 Å². The van der Waals surface area contributed by atoms with E-state index in [1.54, 1.807) is 43.3 Å². The highest BCUT2D eigenvalue weighted by atomic mass is 19.1. The lowest BCUT2D eigenvalue weighted by Gasteiger charge is -2.15. The maximum Gasteiger partial charge on any atom is 0.255 e. The molecule has 2 N–H and O–H groups in total.